The molecule has 0 aliphatic carbocycles. The number of piperidine rings is 1. The van der Waals surface area contributed by atoms with Gasteiger partial charge in [0.2, 0.25) is 0 Å². The van der Waals surface area contributed by atoms with Gasteiger partial charge in [0.25, 0.3) is 0 Å². The molecule has 2 rings (SSSR count). The Morgan fingerprint density at radius 1 is 1.56 bits per heavy atom. The maximum atomic E-state index is 6.31. The molecular formula is C12H16BrClN2. The summed E-state index contributed by atoms with van der Waals surface area (Å²) in [5.41, 5.74) is 1.17. The normalized spacial score (nSPS) is 25.9. The third kappa shape index (κ3) is 2.51. The van der Waals surface area contributed by atoms with E-state index in [0.29, 0.717) is 5.92 Å². The third-order valence-corrected chi connectivity index (χ3v) is 4.28. The summed E-state index contributed by atoms with van der Waals surface area (Å²) in [6.07, 6.45) is 3.04. The summed E-state index contributed by atoms with van der Waals surface area (Å²) in [6.45, 7) is 6.19. The minimum Gasteiger partial charge on any atom is -0.354 e. The van der Waals surface area contributed by atoms with Crippen LogP contribution in [0.1, 0.15) is 18.9 Å². The van der Waals surface area contributed by atoms with E-state index in [9.17, 15) is 0 Å². The summed E-state index contributed by atoms with van der Waals surface area (Å²) in [4.78, 5) is 6.75. The zero-order chi connectivity index (χ0) is 11.7. The van der Waals surface area contributed by atoms with Crippen LogP contribution >= 0.6 is 27.5 Å². The highest BCUT2D eigenvalue weighted by Gasteiger charge is 2.26. The van der Waals surface area contributed by atoms with Crippen molar-refractivity contribution < 1.29 is 0 Å². The summed E-state index contributed by atoms with van der Waals surface area (Å²) in [7, 11) is 0. The molecule has 0 bridgehead atoms. The van der Waals surface area contributed by atoms with Crippen LogP contribution in [0.25, 0.3) is 0 Å². The first kappa shape index (κ1) is 12.2. The van der Waals surface area contributed by atoms with Gasteiger partial charge in [-0.05, 0) is 46.8 Å². The number of hydrogen-bond acceptors (Lipinski definition) is 2. The SMILES string of the molecule is Cc1cnc(N2CCC(C)C(Cl)C2)c(Br)c1. The molecule has 1 aliphatic heterocycles. The Labute approximate surface area is 110 Å². The molecule has 88 valence electrons. The number of halogens is 2. The fraction of sp³-hybridized carbons (Fsp3) is 0.583. The van der Waals surface area contributed by atoms with Crippen molar-refractivity contribution in [3.05, 3.63) is 22.3 Å². The Balaban J connectivity index is 2.18. The van der Waals surface area contributed by atoms with Gasteiger partial charge >= 0.3 is 0 Å². The molecule has 1 fully saturated rings. The summed E-state index contributed by atoms with van der Waals surface area (Å²) in [6, 6.07) is 2.10. The number of aryl methyl sites for hydroxylation is 1. The van der Waals surface area contributed by atoms with Gasteiger partial charge in [-0.1, -0.05) is 6.92 Å². The van der Waals surface area contributed by atoms with Crippen molar-refractivity contribution in [2.75, 3.05) is 18.0 Å². The number of aromatic nitrogens is 1. The zero-order valence-electron chi connectivity index (χ0n) is 9.58. The molecule has 0 radical (unpaired) electrons. The van der Waals surface area contributed by atoms with Crippen LogP contribution in [0.15, 0.2) is 16.7 Å². The lowest BCUT2D eigenvalue weighted by Crippen LogP contribution is -2.41. The van der Waals surface area contributed by atoms with Gasteiger partial charge in [-0.25, -0.2) is 4.98 Å². The molecule has 1 aromatic heterocycles. The van der Waals surface area contributed by atoms with E-state index in [1.807, 2.05) is 13.1 Å². The van der Waals surface area contributed by atoms with Crippen molar-refractivity contribution in [1.29, 1.82) is 0 Å². The first-order chi connectivity index (χ1) is 7.58. The van der Waals surface area contributed by atoms with Crippen LogP contribution in [0.2, 0.25) is 0 Å². The van der Waals surface area contributed by atoms with E-state index in [1.165, 1.54) is 5.56 Å². The van der Waals surface area contributed by atoms with E-state index in [2.05, 4.69) is 38.8 Å². The Kier molecular flexibility index (Phi) is 3.75. The third-order valence-electron chi connectivity index (χ3n) is 3.12. The average Bonchev–Trinajstić information content (AvgIpc) is 2.22. The Morgan fingerprint density at radius 2 is 2.31 bits per heavy atom. The molecule has 0 spiro atoms. The van der Waals surface area contributed by atoms with Crippen LogP contribution in [-0.4, -0.2) is 23.5 Å². The van der Waals surface area contributed by atoms with E-state index < -0.39 is 0 Å². The van der Waals surface area contributed by atoms with Crippen LogP contribution in [-0.2, 0) is 0 Å². The second-order valence-electron chi connectivity index (χ2n) is 4.55. The van der Waals surface area contributed by atoms with Crippen LogP contribution in [0.5, 0.6) is 0 Å². The number of anilines is 1. The first-order valence-electron chi connectivity index (χ1n) is 5.59. The number of hydrogen-bond donors (Lipinski definition) is 0. The van der Waals surface area contributed by atoms with Crippen molar-refractivity contribution in [3.8, 4) is 0 Å². The quantitative estimate of drug-likeness (QED) is 0.737. The van der Waals surface area contributed by atoms with Gasteiger partial charge in [0.1, 0.15) is 5.82 Å². The minimum atomic E-state index is 0.226. The molecule has 0 saturated carbocycles. The fourth-order valence-electron chi connectivity index (χ4n) is 1.97. The maximum absolute atomic E-state index is 6.31. The Hall–Kier alpha value is -0.280. The monoisotopic (exact) mass is 302 g/mol. The highest BCUT2D eigenvalue weighted by molar-refractivity contribution is 9.10. The van der Waals surface area contributed by atoms with Crippen LogP contribution in [0.4, 0.5) is 5.82 Å². The minimum absolute atomic E-state index is 0.226. The second-order valence-corrected chi connectivity index (χ2v) is 5.96. The number of alkyl halides is 1. The molecule has 1 saturated heterocycles. The lowest BCUT2D eigenvalue weighted by molar-refractivity contribution is 0.443. The number of pyridine rings is 1. The maximum Gasteiger partial charge on any atom is 0.142 e. The van der Waals surface area contributed by atoms with E-state index in [0.717, 1.165) is 29.8 Å². The lowest BCUT2D eigenvalue weighted by atomic mass is 9.98. The molecule has 2 atom stereocenters. The summed E-state index contributed by atoms with van der Waals surface area (Å²) in [5, 5.41) is 0.226. The van der Waals surface area contributed by atoms with Gasteiger partial charge < -0.3 is 4.90 Å². The highest BCUT2D eigenvalue weighted by Crippen LogP contribution is 2.30. The van der Waals surface area contributed by atoms with Gasteiger partial charge in [-0.15, -0.1) is 11.6 Å². The molecule has 1 aromatic rings. The summed E-state index contributed by atoms with van der Waals surface area (Å²) >= 11 is 9.88. The van der Waals surface area contributed by atoms with E-state index in [-0.39, 0.29) is 5.38 Å². The molecule has 4 heteroatoms. The number of nitrogens with zero attached hydrogens (tertiary/aromatic N) is 2. The molecular weight excluding hydrogens is 288 g/mol. The summed E-state index contributed by atoms with van der Waals surface area (Å²) < 4.78 is 1.06. The first-order valence-corrected chi connectivity index (χ1v) is 6.82. The smallest absolute Gasteiger partial charge is 0.142 e. The molecule has 0 N–H and O–H groups in total. The van der Waals surface area contributed by atoms with Crippen molar-refractivity contribution in [1.82, 2.24) is 4.98 Å². The van der Waals surface area contributed by atoms with Gasteiger partial charge in [0.05, 0.1) is 9.85 Å². The van der Waals surface area contributed by atoms with Crippen LogP contribution < -0.4 is 4.90 Å². The average molecular weight is 304 g/mol. The van der Waals surface area contributed by atoms with Gasteiger partial charge in [-0.3, -0.25) is 0 Å². The highest BCUT2D eigenvalue weighted by atomic mass is 79.9. The fourth-order valence-corrected chi connectivity index (χ4v) is 2.98. The van der Waals surface area contributed by atoms with Crippen molar-refractivity contribution in [2.24, 2.45) is 5.92 Å². The topological polar surface area (TPSA) is 16.1 Å². The molecule has 2 nitrogen and oxygen atoms in total. The zero-order valence-corrected chi connectivity index (χ0v) is 11.9. The second kappa shape index (κ2) is 4.92. The van der Waals surface area contributed by atoms with Gasteiger partial charge in [0.15, 0.2) is 0 Å². The van der Waals surface area contributed by atoms with E-state index in [4.69, 9.17) is 11.6 Å². The molecule has 1 aliphatic rings. The molecule has 0 aromatic carbocycles. The van der Waals surface area contributed by atoms with Crippen LogP contribution in [0, 0.1) is 12.8 Å². The van der Waals surface area contributed by atoms with Crippen molar-refractivity contribution in [3.63, 3.8) is 0 Å². The van der Waals surface area contributed by atoms with Crippen molar-refractivity contribution in [2.45, 2.75) is 25.6 Å². The Bertz CT molecular complexity index is 383. The van der Waals surface area contributed by atoms with Crippen molar-refractivity contribution >= 4 is 33.3 Å². The Morgan fingerprint density at radius 3 is 2.94 bits per heavy atom. The lowest BCUT2D eigenvalue weighted by Gasteiger charge is -2.35. The predicted octanol–water partition coefficient (Wildman–Crippen LogP) is 3.61. The van der Waals surface area contributed by atoms with E-state index >= 15 is 0 Å². The van der Waals surface area contributed by atoms with E-state index in [1.54, 1.807) is 0 Å². The number of rotatable bonds is 1. The molecule has 2 heterocycles. The molecule has 0 amide bonds. The van der Waals surface area contributed by atoms with Gasteiger partial charge in [0, 0.05) is 19.3 Å². The van der Waals surface area contributed by atoms with Gasteiger partial charge in [-0.2, -0.15) is 0 Å². The molecule has 2 unspecified atom stereocenters. The summed E-state index contributed by atoms with van der Waals surface area (Å²) in [5.74, 6) is 1.62. The predicted molar refractivity (Wildman–Crippen MR) is 72.3 cm³/mol. The standard InChI is InChI=1S/C12H16BrClN2/c1-8-5-10(13)12(15-6-8)16-4-3-9(2)11(14)7-16/h5-6,9,11H,3-4,7H2,1-2H3. The van der Waals surface area contributed by atoms with Crippen LogP contribution in [0.3, 0.4) is 0 Å². The largest absolute Gasteiger partial charge is 0.354 e. The molecule has 16 heavy (non-hydrogen) atoms.